The van der Waals surface area contributed by atoms with Crippen molar-refractivity contribution < 1.29 is 5.11 Å². The van der Waals surface area contributed by atoms with E-state index in [0.717, 1.165) is 16.9 Å². The Hall–Kier alpha value is -2.53. The van der Waals surface area contributed by atoms with Gasteiger partial charge in [0.25, 0.3) is 0 Å². The quantitative estimate of drug-likeness (QED) is 0.800. The lowest BCUT2D eigenvalue weighted by Gasteiger charge is -2.15. The first-order valence-electron chi connectivity index (χ1n) is 6.75. The molecule has 0 bridgehead atoms. The van der Waals surface area contributed by atoms with Crippen LogP contribution in [0.15, 0.2) is 48.7 Å². The SMILES string of the molecule is Cc1cc(C(O)c2ccnn2-c2ccccc2)c(C)nn1. The fourth-order valence-electron chi connectivity index (χ4n) is 2.31. The molecule has 2 aromatic heterocycles. The smallest absolute Gasteiger partial charge is 0.123 e. The van der Waals surface area contributed by atoms with Crippen LogP contribution in [0.2, 0.25) is 0 Å². The van der Waals surface area contributed by atoms with Crippen molar-refractivity contribution in [2.24, 2.45) is 0 Å². The molecule has 1 unspecified atom stereocenters. The molecule has 5 heteroatoms. The fourth-order valence-corrected chi connectivity index (χ4v) is 2.31. The molecular formula is C16H16N4O. The second-order valence-corrected chi connectivity index (χ2v) is 4.93. The van der Waals surface area contributed by atoms with E-state index in [0.29, 0.717) is 11.4 Å². The topological polar surface area (TPSA) is 63.8 Å². The summed E-state index contributed by atoms with van der Waals surface area (Å²) in [6.07, 6.45) is 0.893. The first-order chi connectivity index (χ1) is 10.2. The molecule has 0 fully saturated rings. The van der Waals surface area contributed by atoms with E-state index in [4.69, 9.17) is 0 Å². The average molecular weight is 280 g/mol. The van der Waals surface area contributed by atoms with Gasteiger partial charge in [-0.15, -0.1) is 0 Å². The lowest BCUT2D eigenvalue weighted by molar-refractivity contribution is 0.210. The van der Waals surface area contributed by atoms with Crippen LogP contribution in [-0.4, -0.2) is 25.1 Å². The van der Waals surface area contributed by atoms with Gasteiger partial charge in [0, 0.05) is 11.8 Å². The standard InChI is InChI=1S/C16H16N4O/c1-11-10-14(12(2)19-18-11)16(21)15-8-9-17-20(15)13-6-4-3-5-7-13/h3-10,16,21H,1-2H3. The molecule has 0 aliphatic rings. The number of benzene rings is 1. The van der Waals surface area contributed by atoms with Crippen LogP contribution in [0.3, 0.4) is 0 Å². The largest absolute Gasteiger partial charge is 0.382 e. The van der Waals surface area contributed by atoms with Crippen molar-refractivity contribution in [1.82, 2.24) is 20.0 Å². The molecule has 0 aliphatic carbocycles. The summed E-state index contributed by atoms with van der Waals surface area (Å²) in [4.78, 5) is 0. The summed E-state index contributed by atoms with van der Waals surface area (Å²) in [6.45, 7) is 3.70. The van der Waals surface area contributed by atoms with E-state index >= 15 is 0 Å². The number of aryl methyl sites for hydroxylation is 2. The molecule has 2 heterocycles. The second kappa shape index (κ2) is 5.46. The van der Waals surface area contributed by atoms with Crippen LogP contribution in [0.25, 0.3) is 5.69 Å². The molecule has 106 valence electrons. The van der Waals surface area contributed by atoms with Crippen molar-refractivity contribution in [2.45, 2.75) is 20.0 Å². The molecule has 0 saturated carbocycles. The lowest BCUT2D eigenvalue weighted by atomic mass is 10.0. The van der Waals surface area contributed by atoms with Gasteiger partial charge in [0.15, 0.2) is 0 Å². The molecule has 0 radical (unpaired) electrons. The maximum absolute atomic E-state index is 10.7. The monoisotopic (exact) mass is 280 g/mol. The highest BCUT2D eigenvalue weighted by molar-refractivity contribution is 5.36. The molecule has 1 aromatic carbocycles. The van der Waals surface area contributed by atoms with E-state index in [1.54, 1.807) is 10.9 Å². The van der Waals surface area contributed by atoms with Crippen LogP contribution in [0, 0.1) is 13.8 Å². The summed E-state index contributed by atoms with van der Waals surface area (Å²) in [5, 5.41) is 23.1. The average Bonchev–Trinajstić information content (AvgIpc) is 2.99. The minimum absolute atomic E-state index is 0.705. The molecule has 0 saturated heterocycles. The van der Waals surface area contributed by atoms with E-state index in [9.17, 15) is 5.11 Å². The summed E-state index contributed by atoms with van der Waals surface area (Å²) in [7, 11) is 0. The molecule has 0 spiro atoms. The zero-order chi connectivity index (χ0) is 14.8. The van der Waals surface area contributed by atoms with Gasteiger partial charge in [0.05, 0.1) is 22.8 Å². The molecule has 0 amide bonds. The van der Waals surface area contributed by atoms with Gasteiger partial charge < -0.3 is 5.11 Å². The van der Waals surface area contributed by atoms with Crippen LogP contribution >= 0.6 is 0 Å². The molecule has 21 heavy (non-hydrogen) atoms. The Labute approximate surface area is 122 Å². The number of aromatic nitrogens is 4. The predicted octanol–water partition coefficient (Wildman–Crippen LogP) is 2.36. The fraction of sp³-hybridized carbons (Fsp3) is 0.188. The summed E-state index contributed by atoms with van der Waals surface area (Å²) in [6, 6.07) is 13.4. The molecule has 0 aliphatic heterocycles. The Balaban J connectivity index is 2.06. The third kappa shape index (κ3) is 2.55. The van der Waals surface area contributed by atoms with Crippen molar-refractivity contribution in [3.8, 4) is 5.69 Å². The lowest BCUT2D eigenvalue weighted by Crippen LogP contribution is -2.11. The van der Waals surface area contributed by atoms with Gasteiger partial charge in [-0.25, -0.2) is 4.68 Å². The summed E-state index contributed by atoms with van der Waals surface area (Å²) < 4.78 is 1.74. The van der Waals surface area contributed by atoms with Gasteiger partial charge in [0.2, 0.25) is 0 Å². The van der Waals surface area contributed by atoms with Crippen molar-refractivity contribution in [3.63, 3.8) is 0 Å². The zero-order valence-corrected chi connectivity index (χ0v) is 11.9. The number of hydrogen-bond acceptors (Lipinski definition) is 4. The maximum Gasteiger partial charge on any atom is 0.123 e. The number of para-hydroxylation sites is 1. The summed E-state index contributed by atoms with van der Waals surface area (Å²) in [5.74, 6) is 0. The maximum atomic E-state index is 10.7. The van der Waals surface area contributed by atoms with E-state index in [2.05, 4.69) is 15.3 Å². The van der Waals surface area contributed by atoms with Crippen LogP contribution in [0.4, 0.5) is 0 Å². The molecule has 1 N–H and O–H groups in total. The van der Waals surface area contributed by atoms with Gasteiger partial charge in [-0.1, -0.05) is 18.2 Å². The molecular weight excluding hydrogens is 264 g/mol. The Kier molecular flexibility index (Phi) is 3.50. The van der Waals surface area contributed by atoms with Crippen molar-refractivity contribution in [3.05, 3.63) is 71.3 Å². The second-order valence-electron chi connectivity index (χ2n) is 4.93. The number of aliphatic hydroxyl groups excluding tert-OH is 1. The first-order valence-corrected chi connectivity index (χ1v) is 6.75. The Morgan fingerprint density at radius 1 is 1.05 bits per heavy atom. The van der Waals surface area contributed by atoms with Crippen LogP contribution in [0.1, 0.15) is 28.7 Å². The van der Waals surface area contributed by atoms with Crippen molar-refractivity contribution in [2.75, 3.05) is 0 Å². The van der Waals surface area contributed by atoms with E-state index in [-0.39, 0.29) is 0 Å². The number of aliphatic hydroxyl groups is 1. The molecule has 1 atom stereocenters. The molecule has 3 rings (SSSR count). The van der Waals surface area contributed by atoms with E-state index in [1.807, 2.05) is 56.3 Å². The molecule has 3 aromatic rings. The van der Waals surface area contributed by atoms with E-state index < -0.39 is 6.10 Å². The first kappa shape index (κ1) is 13.5. The normalized spacial score (nSPS) is 12.3. The zero-order valence-electron chi connectivity index (χ0n) is 11.9. The third-order valence-corrected chi connectivity index (χ3v) is 3.39. The van der Waals surface area contributed by atoms with Gasteiger partial charge in [-0.05, 0) is 38.1 Å². The number of nitrogens with zero attached hydrogens (tertiary/aromatic N) is 4. The third-order valence-electron chi connectivity index (χ3n) is 3.39. The minimum Gasteiger partial charge on any atom is -0.382 e. The Morgan fingerprint density at radius 3 is 2.57 bits per heavy atom. The number of hydrogen-bond donors (Lipinski definition) is 1. The Bertz CT molecular complexity index is 752. The highest BCUT2D eigenvalue weighted by atomic mass is 16.3. The highest BCUT2D eigenvalue weighted by Crippen LogP contribution is 2.25. The van der Waals surface area contributed by atoms with Gasteiger partial charge in [-0.2, -0.15) is 15.3 Å². The van der Waals surface area contributed by atoms with Crippen molar-refractivity contribution in [1.29, 1.82) is 0 Å². The minimum atomic E-state index is -0.790. The Morgan fingerprint density at radius 2 is 1.81 bits per heavy atom. The van der Waals surface area contributed by atoms with Crippen molar-refractivity contribution >= 4 is 0 Å². The summed E-state index contributed by atoms with van der Waals surface area (Å²) >= 11 is 0. The van der Waals surface area contributed by atoms with Crippen LogP contribution < -0.4 is 0 Å². The molecule has 5 nitrogen and oxygen atoms in total. The number of rotatable bonds is 3. The summed E-state index contributed by atoms with van der Waals surface area (Å²) in [5.41, 5.74) is 3.86. The van der Waals surface area contributed by atoms with Gasteiger partial charge in [0.1, 0.15) is 6.10 Å². The van der Waals surface area contributed by atoms with Crippen LogP contribution in [0.5, 0.6) is 0 Å². The van der Waals surface area contributed by atoms with Crippen LogP contribution in [-0.2, 0) is 0 Å². The van der Waals surface area contributed by atoms with Gasteiger partial charge >= 0.3 is 0 Å². The highest BCUT2D eigenvalue weighted by Gasteiger charge is 2.19. The van der Waals surface area contributed by atoms with Gasteiger partial charge in [-0.3, -0.25) is 0 Å². The van der Waals surface area contributed by atoms with E-state index in [1.165, 1.54) is 0 Å². The predicted molar refractivity (Wildman–Crippen MR) is 79.1 cm³/mol.